The molecule has 3 aromatic rings. The molecule has 0 spiro atoms. The third kappa shape index (κ3) is 6.18. The summed E-state index contributed by atoms with van der Waals surface area (Å²) in [5.74, 6) is 1.02. The van der Waals surface area contributed by atoms with Crippen molar-refractivity contribution < 1.29 is 14.3 Å². The van der Waals surface area contributed by atoms with E-state index in [1.54, 1.807) is 7.11 Å². The largest absolute Gasteiger partial charge is 0.493 e. The van der Waals surface area contributed by atoms with E-state index in [0.29, 0.717) is 28.2 Å². The lowest BCUT2D eigenvalue weighted by molar-refractivity contribution is -0.115. The molecule has 0 atom stereocenters. The quantitative estimate of drug-likeness (QED) is 0.290. The Balaban J connectivity index is 1.54. The molecule has 0 saturated carbocycles. The Morgan fingerprint density at radius 1 is 1.00 bits per heavy atom. The molecule has 1 heterocycles. The van der Waals surface area contributed by atoms with Crippen LogP contribution in [-0.2, 0) is 11.4 Å². The van der Waals surface area contributed by atoms with Gasteiger partial charge in [0.25, 0.3) is 5.91 Å². The summed E-state index contributed by atoms with van der Waals surface area (Å²) in [5, 5.41) is 3.40. The minimum Gasteiger partial charge on any atom is -0.493 e. The predicted octanol–water partition coefficient (Wildman–Crippen LogP) is 7.62. The zero-order valence-corrected chi connectivity index (χ0v) is 23.7. The van der Waals surface area contributed by atoms with Crippen molar-refractivity contribution in [2.24, 2.45) is 4.99 Å². The van der Waals surface area contributed by atoms with Crippen LogP contribution in [0.25, 0.3) is 6.08 Å². The standard InChI is InChI=1S/C27H24Br2N2O3S/c1-15-5-7-18(8-6-15)14-34-23-13-21(28)19(11-22(23)33-4)12-24-26(32)31-27(35-24)30-20-9-16(2)25(29)17(3)10-20/h5-13H,14H2,1-4H3,(H,30,31,32)/b24-12-. The van der Waals surface area contributed by atoms with Crippen molar-refractivity contribution in [1.82, 2.24) is 5.32 Å². The first-order valence-electron chi connectivity index (χ1n) is 10.9. The molecule has 0 aliphatic carbocycles. The van der Waals surface area contributed by atoms with Crippen LogP contribution >= 0.6 is 43.6 Å². The van der Waals surface area contributed by atoms with Gasteiger partial charge in [-0.05, 0) is 85.1 Å². The summed E-state index contributed by atoms with van der Waals surface area (Å²) in [6.45, 7) is 6.52. The summed E-state index contributed by atoms with van der Waals surface area (Å²) in [4.78, 5) is 17.8. The van der Waals surface area contributed by atoms with E-state index in [9.17, 15) is 4.79 Å². The number of rotatable bonds is 6. The number of nitrogens with one attached hydrogen (secondary N) is 1. The summed E-state index contributed by atoms with van der Waals surface area (Å²) in [7, 11) is 1.60. The Bertz CT molecular complexity index is 1330. The fraction of sp³-hybridized carbons (Fsp3) is 0.185. The fourth-order valence-electron chi connectivity index (χ4n) is 3.51. The Labute approximate surface area is 226 Å². The highest BCUT2D eigenvalue weighted by Gasteiger charge is 2.24. The summed E-state index contributed by atoms with van der Waals surface area (Å²) < 4.78 is 13.4. The molecule has 0 unspecified atom stereocenters. The number of benzene rings is 3. The summed E-state index contributed by atoms with van der Waals surface area (Å²) >= 11 is 8.49. The van der Waals surface area contributed by atoms with Crippen molar-refractivity contribution in [1.29, 1.82) is 0 Å². The molecular weight excluding hydrogens is 592 g/mol. The van der Waals surface area contributed by atoms with Gasteiger partial charge in [0, 0.05) is 8.95 Å². The molecule has 1 N–H and O–H groups in total. The van der Waals surface area contributed by atoms with Gasteiger partial charge in [-0.25, -0.2) is 4.99 Å². The van der Waals surface area contributed by atoms with E-state index in [0.717, 1.165) is 36.9 Å². The smallest absolute Gasteiger partial charge is 0.264 e. The van der Waals surface area contributed by atoms with Crippen molar-refractivity contribution in [3.8, 4) is 11.5 Å². The van der Waals surface area contributed by atoms with Crippen LogP contribution in [-0.4, -0.2) is 18.2 Å². The summed E-state index contributed by atoms with van der Waals surface area (Å²) in [5.41, 5.74) is 6.06. The second kappa shape index (κ2) is 11.0. The van der Waals surface area contributed by atoms with Gasteiger partial charge >= 0.3 is 0 Å². The molecule has 180 valence electrons. The van der Waals surface area contributed by atoms with Crippen LogP contribution in [0.5, 0.6) is 11.5 Å². The maximum absolute atomic E-state index is 12.6. The Kier molecular flexibility index (Phi) is 8.04. The van der Waals surface area contributed by atoms with E-state index in [1.807, 2.05) is 56.3 Å². The van der Waals surface area contributed by atoms with Crippen molar-refractivity contribution in [3.63, 3.8) is 0 Å². The third-order valence-corrected chi connectivity index (χ3v) is 8.23. The van der Waals surface area contributed by atoms with Gasteiger partial charge in [-0.2, -0.15) is 0 Å². The highest BCUT2D eigenvalue weighted by Crippen LogP contribution is 2.37. The number of amides is 1. The van der Waals surface area contributed by atoms with E-state index < -0.39 is 0 Å². The number of methoxy groups -OCH3 is 1. The number of nitrogens with zero attached hydrogens (tertiary/aromatic N) is 1. The zero-order chi connectivity index (χ0) is 25.1. The first-order chi connectivity index (χ1) is 16.7. The molecule has 1 aliphatic rings. The average Bonchev–Trinajstić information content (AvgIpc) is 3.16. The minimum atomic E-state index is -0.190. The lowest BCUT2D eigenvalue weighted by Gasteiger charge is -2.13. The van der Waals surface area contributed by atoms with E-state index in [-0.39, 0.29) is 5.91 Å². The Hall–Kier alpha value is -2.55. The fourth-order valence-corrected chi connectivity index (χ4v) is 5.00. The highest BCUT2D eigenvalue weighted by atomic mass is 79.9. The number of carbonyl (C=O) groups is 1. The van der Waals surface area contributed by atoms with Crippen molar-refractivity contribution >= 4 is 66.5 Å². The molecule has 8 heteroatoms. The van der Waals surface area contributed by atoms with Gasteiger partial charge in [0.15, 0.2) is 16.7 Å². The van der Waals surface area contributed by atoms with E-state index in [4.69, 9.17) is 9.47 Å². The molecule has 1 saturated heterocycles. The number of amidine groups is 1. The van der Waals surface area contributed by atoms with Gasteiger partial charge in [0.05, 0.1) is 17.7 Å². The maximum Gasteiger partial charge on any atom is 0.264 e. The number of aryl methyl sites for hydroxylation is 3. The highest BCUT2D eigenvalue weighted by molar-refractivity contribution is 9.10. The lowest BCUT2D eigenvalue weighted by Crippen LogP contribution is -2.19. The zero-order valence-electron chi connectivity index (χ0n) is 19.7. The molecule has 0 radical (unpaired) electrons. The van der Waals surface area contributed by atoms with Crippen molar-refractivity contribution in [2.45, 2.75) is 27.4 Å². The molecule has 0 bridgehead atoms. The molecule has 1 aliphatic heterocycles. The predicted molar refractivity (Wildman–Crippen MR) is 151 cm³/mol. The van der Waals surface area contributed by atoms with Gasteiger partial charge in [0.2, 0.25) is 0 Å². The average molecular weight is 616 g/mol. The molecule has 0 aromatic heterocycles. The van der Waals surface area contributed by atoms with Gasteiger partial charge < -0.3 is 14.8 Å². The SMILES string of the molecule is COc1cc(/C=C2\SC(=Nc3cc(C)c(Br)c(C)c3)NC2=O)c(Br)cc1OCc1ccc(C)cc1. The topological polar surface area (TPSA) is 59.9 Å². The molecule has 4 rings (SSSR count). The molecule has 5 nitrogen and oxygen atoms in total. The second-order valence-corrected chi connectivity index (χ2v) is 10.9. The number of carbonyl (C=O) groups excluding carboxylic acids is 1. The summed E-state index contributed by atoms with van der Waals surface area (Å²) in [6.07, 6.45) is 1.82. The van der Waals surface area contributed by atoms with Crippen LogP contribution < -0.4 is 14.8 Å². The van der Waals surface area contributed by atoms with Gasteiger partial charge in [0.1, 0.15) is 6.61 Å². The lowest BCUT2D eigenvalue weighted by atomic mass is 10.1. The van der Waals surface area contributed by atoms with Crippen molar-refractivity contribution in [2.75, 3.05) is 7.11 Å². The first-order valence-corrected chi connectivity index (χ1v) is 13.3. The number of halogens is 2. The normalized spacial score (nSPS) is 15.5. The van der Waals surface area contributed by atoms with Crippen molar-refractivity contribution in [3.05, 3.63) is 90.2 Å². The van der Waals surface area contributed by atoms with Crippen LogP contribution in [0.2, 0.25) is 0 Å². The van der Waals surface area contributed by atoms with Crippen LogP contribution in [0.1, 0.15) is 27.8 Å². The van der Waals surface area contributed by atoms with Crippen LogP contribution in [0.15, 0.2) is 67.4 Å². The monoisotopic (exact) mass is 614 g/mol. The maximum atomic E-state index is 12.6. The minimum absolute atomic E-state index is 0.190. The number of hydrogen-bond donors (Lipinski definition) is 1. The van der Waals surface area contributed by atoms with Crippen LogP contribution in [0.4, 0.5) is 5.69 Å². The Morgan fingerprint density at radius 3 is 2.34 bits per heavy atom. The van der Waals surface area contributed by atoms with Gasteiger partial charge in [-0.3, -0.25) is 4.79 Å². The number of aliphatic imine (C=N–C) groups is 1. The molecule has 3 aromatic carbocycles. The molecule has 1 amide bonds. The number of ether oxygens (including phenoxy) is 2. The second-order valence-electron chi connectivity index (χ2n) is 8.17. The van der Waals surface area contributed by atoms with E-state index in [2.05, 4.69) is 61.2 Å². The number of hydrogen-bond acceptors (Lipinski definition) is 5. The number of thioether (sulfide) groups is 1. The van der Waals surface area contributed by atoms with Gasteiger partial charge in [-0.1, -0.05) is 61.7 Å². The van der Waals surface area contributed by atoms with Crippen LogP contribution in [0.3, 0.4) is 0 Å². The molecule has 1 fully saturated rings. The molecule has 35 heavy (non-hydrogen) atoms. The van der Waals surface area contributed by atoms with E-state index in [1.165, 1.54) is 17.3 Å². The third-order valence-electron chi connectivity index (χ3n) is 5.39. The summed E-state index contributed by atoms with van der Waals surface area (Å²) in [6, 6.07) is 15.9. The Morgan fingerprint density at radius 2 is 1.69 bits per heavy atom. The first kappa shape index (κ1) is 25.5. The molecular formula is C27H24Br2N2O3S. The van der Waals surface area contributed by atoms with E-state index >= 15 is 0 Å². The van der Waals surface area contributed by atoms with Crippen LogP contribution in [0, 0.1) is 20.8 Å². The van der Waals surface area contributed by atoms with Gasteiger partial charge in [-0.15, -0.1) is 0 Å².